The van der Waals surface area contributed by atoms with Crippen molar-refractivity contribution in [3.05, 3.63) is 88.1 Å². The fourth-order valence-corrected chi connectivity index (χ4v) is 5.56. The van der Waals surface area contributed by atoms with E-state index >= 15 is 0 Å². The summed E-state index contributed by atoms with van der Waals surface area (Å²) in [5.41, 5.74) is 4.04. The number of carboxylic acids is 1. The number of nitrogens with one attached hydrogen (secondary N) is 1. The van der Waals surface area contributed by atoms with E-state index < -0.39 is 12.0 Å². The summed E-state index contributed by atoms with van der Waals surface area (Å²) in [7, 11) is 0. The molecule has 0 saturated carbocycles. The summed E-state index contributed by atoms with van der Waals surface area (Å²) < 4.78 is 5.86. The molecule has 0 saturated heterocycles. The summed E-state index contributed by atoms with van der Waals surface area (Å²) >= 11 is 1.39. The fraction of sp³-hybridized carbons (Fsp3) is 0.371. The average molecular weight is 600 g/mol. The van der Waals surface area contributed by atoms with Gasteiger partial charge in [0.1, 0.15) is 11.8 Å². The molecule has 0 fully saturated rings. The third-order valence-corrected chi connectivity index (χ3v) is 8.70. The first-order chi connectivity index (χ1) is 20.6. The number of ether oxygens (including phenoxy) is 1. The second-order valence-corrected chi connectivity index (χ2v) is 12.9. The Morgan fingerprint density at radius 2 is 1.44 bits per heavy atom. The Hall–Kier alpha value is -4.04. The quantitative estimate of drug-likeness (QED) is 0.143. The predicted octanol–water partition coefficient (Wildman–Crippen LogP) is 7.94. The summed E-state index contributed by atoms with van der Waals surface area (Å²) in [4.78, 5) is 26.3. The lowest BCUT2D eigenvalue weighted by Gasteiger charge is -2.16. The highest BCUT2D eigenvalue weighted by atomic mass is 32.1. The molecule has 1 atom stereocenters. The maximum atomic E-state index is 12.8. The lowest BCUT2D eigenvalue weighted by Crippen LogP contribution is -2.42. The number of carbonyl (C=O) groups is 2. The van der Waals surface area contributed by atoms with Crippen LogP contribution in [0.2, 0.25) is 0 Å². The second-order valence-electron chi connectivity index (χ2n) is 11.8. The van der Waals surface area contributed by atoms with E-state index in [9.17, 15) is 14.7 Å². The Balaban J connectivity index is 1.32. The molecule has 7 nitrogen and oxygen atoms in total. The lowest BCUT2D eigenvalue weighted by molar-refractivity contribution is -0.139. The van der Waals surface area contributed by atoms with E-state index in [-0.39, 0.29) is 17.7 Å². The van der Waals surface area contributed by atoms with Crippen LogP contribution in [0.4, 0.5) is 0 Å². The molecule has 0 bridgehead atoms. The first kappa shape index (κ1) is 31.9. The summed E-state index contributed by atoms with van der Waals surface area (Å²) in [6.07, 6.45) is 6.22. The zero-order valence-electron chi connectivity index (χ0n) is 25.4. The van der Waals surface area contributed by atoms with Gasteiger partial charge in [-0.3, -0.25) is 4.79 Å². The molecular weight excluding hydrogens is 558 g/mol. The molecule has 0 aliphatic rings. The number of carboxylic acid groups (broad SMARTS) is 1. The van der Waals surface area contributed by atoms with E-state index in [1.165, 1.54) is 37.0 Å². The van der Waals surface area contributed by atoms with E-state index in [1.807, 2.05) is 66.7 Å². The van der Waals surface area contributed by atoms with Crippen molar-refractivity contribution in [2.24, 2.45) is 0 Å². The number of rotatable bonds is 14. The molecule has 4 aromatic rings. The Labute approximate surface area is 258 Å². The van der Waals surface area contributed by atoms with Crippen LogP contribution in [-0.4, -0.2) is 39.8 Å². The molecule has 2 heterocycles. The van der Waals surface area contributed by atoms with Crippen molar-refractivity contribution < 1.29 is 19.4 Å². The van der Waals surface area contributed by atoms with Crippen molar-refractivity contribution in [2.75, 3.05) is 6.61 Å². The van der Waals surface area contributed by atoms with Crippen molar-refractivity contribution >= 4 is 23.2 Å². The van der Waals surface area contributed by atoms with Gasteiger partial charge in [-0.05, 0) is 65.9 Å². The molecule has 2 aromatic carbocycles. The molecule has 2 aromatic heterocycles. The van der Waals surface area contributed by atoms with Crippen LogP contribution >= 0.6 is 11.3 Å². The summed E-state index contributed by atoms with van der Waals surface area (Å²) in [6, 6.07) is 21.9. The van der Waals surface area contributed by atoms with Crippen LogP contribution < -0.4 is 10.1 Å². The van der Waals surface area contributed by atoms with E-state index in [4.69, 9.17) is 4.74 Å². The predicted molar refractivity (Wildman–Crippen MR) is 173 cm³/mol. The van der Waals surface area contributed by atoms with E-state index in [2.05, 4.69) is 43.2 Å². The van der Waals surface area contributed by atoms with Crippen LogP contribution in [0.25, 0.3) is 22.5 Å². The van der Waals surface area contributed by atoms with Gasteiger partial charge in [0.2, 0.25) is 0 Å². The molecule has 1 unspecified atom stereocenters. The number of benzene rings is 2. The minimum absolute atomic E-state index is 0.0738. The Morgan fingerprint density at radius 1 is 0.837 bits per heavy atom. The molecule has 1 amide bonds. The van der Waals surface area contributed by atoms with Gasteiger partial charge in [0.15, 0.2) is 0 Å². The molecule has 0 radical (unpaired) electrons. The average Bonchev–Trinajstić information content (AvgIpc) is 3.51. The van der Waals surface area contributed by atoms with Gasteiger partial charge >= 0.3 is 5.97 Å². The van der Waals surface area contributed by atoms with Gasteiger partial charge in [0.05, 0.1) is 22.9 Å². The minimum atomic E-state index is -1.08. The number of hydrogen-bond donors (Lipinski definition) is 2. The number of amides is 1. The lowest BCUT2D eigenvalue weighted by atomic mass is 9.95. The molecule has 8 heteroatoms. The first-order valence-corrected chi connectivity index (χ1v) is 15.8. The van der Waals surface area contributed by atoms with Gasteiger partial charge in [-0.25, -0.2) is 4.79 Å². The third kappa shape index (κ3) is 9.22. The molecule has 2 N–H and O–H groups in total. The first-order valence-electron chi connectivity index (χ1n) is 14.9. The van der Waals surface area contributed by atoms with E-state index in [0.29, 0.717) is 10.6 Å². The summed E-state index contributed by atoms with van der Waals surface area (Å²) in [5.74, 6) is -0.594. The number of aromatic nitrogens is 2. The highest BCUT2D eigenvalue weighted by molar-refractivity contribution is 7.14. The number of thiophene rings is 1. The number of hydrogen-bond acceptors (Lipinski definition) is 6. The number of aliphatic carboxylic acids is 1. The van der Waals surface area contributed by atoms with Gasteiger partial charge in [0, 0.05) is 22.4 Å². The summed E-state index contributed by atoms with van der Waals surface area (Å²) in [6.45, 7) is 9.19. The Morgan fingerprint density at radius 3 is 1.98 bits per heavy atom. The zero-order valence-corrected chi connectivity index (χ0v) is 26.2. The van der Waals surface area contributed by atoms with Crippen molar-refractivity contribution in [2.45, 2.75) is 77.7 Å². The van der Waals surface area contributed by atoms with Crippen molar-refractivity contribution in [1.29, 1.82) is 0 Å². The molecule has 0 spiro atoms. The van der Waals surface area contributed by atoms with Gasteiger partial charge in [0.25, 0.3) is 5.91 Å². The minimum Gasteiger partial charge on any atom is -0.494 e. The summed E-state index contributed by atoms with van der Waals surface area (Å²) in [5, 5.41) is 21.3. The molecule has 0 aliphatic heterocycles. The van der Waals surface area contributed by atoms with Crippen LogP contribution in [0.5, 0.6) is 5.75 Å². The molecule has 43 heavy (non-hydrogen) atoms. The monoisotopic (exact) mass is 599 g/mol. The Bertz CT molecular complexity index is 1470. The molecule has 4 rings (SSSR count). The van der Waals surface area contributed by atoms with Gasteiger partial charge < -0.3 is 15.2 Å². The van der Waals surface area contributed by atoms with Crippen molar-refractivity contribution in [3.8, 4) is 28.3 Å². The number of carbonyl (C=O) groups excluding carboxylic acids is 1. The van der Waals surface area contributed by atoms with Crippen LogP contribution in [0.1, 0.15) is 79.9 Å². The number of unbranched alkanes of at least 4 members (excludes halogenated alkanes) is 4. The number of nitrogens with zero attached hydrogens (tertiary/aromatic N) is 2. The standard InChI is InChI=1S/C35H41N3O4S/c1-5-6-7-8-9-22-42-27-16-14-26(15-17-27)29-19-18-28(37-38-29)25-12-10-24(11-13-25)23-30(34(40)41)36-33(39)31-20-21-32(43-31)35(2,3)4/h10-21,30H,5-9,22-23H2,1-4H3,(H,36,39)(H,40,41). The third-order valence-electron chi connectivity index (χ3n) is 7.19. The zero-order chi connectivity index (χ0) is 30.8. The van der Waals surface area contributed by atoms with E-state index in [0.717, 1.165) is 46.0 Å². The Kier molecular flexibility index (Phi) is 11.1. The van der Waals surface area contributed by atoms with Gasteiger partial charge in [-0.1, -0.05) is 77.6 Å². The molecule has 226 valence electrons. The van der Waals surface area contributed by atoms with Gasteiger partial charge in [-0.15, -0.1) is 21.5 Å². The SMILES string of the molecule is CCCCCCCOc1ccc(-c2ccc(-c3ccc(CC(NC(=O)c4ccc(C(C)(C)C)s4)C(=O)O)cc3)nn2)cc1. The maximum Gasteiger partial charge on any atom is 0.326 e. The van der Waals surface area contributed by atoms with Crippen molar-refractivity contribution in [3.63, 3.8) is 0 Å². The van der Waals surface area contributed by atoms with Crippen molar-refractivity contribution in [1.82, 2.24) is 15.5 Å². The second kappa shape index (κ2) is 14.9. The van der Waals surface area contributed by atoms with Crippen LogP contribution in [0.3, 0.4) is 0 Å². The van der Waals surface area contributed by atoms with Crippen LogP contribution in [0.15, 0.2) is 72.8 Å². The smallest absolute Gasteiger partial charge is 0.326 e. The molecule has 0 aliphatic carbocycles. The fourth-order valence-electron chi connectivity index (χ4n) is 4.60. The highest BCUT2D eigenvalue weighted by Gasteiger charge is 2.24. The maximum absolute atomic E-state index is 12.8. The highest BCUT2D eigenvalue weighted by Crippen LogP contribution is 2.29. The largest absolute Gasteiger partial charge is 0.494 e. The van der Waals surface area contributed by atoms with E-state index in [1.54, 1.807) is 6.07 Å². The van der Waals surface area contributed by atoms with Crippen LogP contribution in [0, 0.1) is 0 Å². The topological polar surface area (TPSA) is 101 Å². The normalized spacial score (nSPS) is 12.1. The van der Waals surface area contributed by atoms with Crippen LogP contribution in [-0.2, 0) is 16.6 Å². The van der Waals surface area contributed by atoms with Gasteiger partial charge in [-0.2, -0.15) is 0 Å². The molecular formula is C35H41N3O4S.